The first-order chi connectivity index (χ1) is 9.61. The number of amides is 1. The van der Waals surface area contributed by atoms with Crippen molar-refractivity contribution < 1.29 is 13.6 Å². The van der Waals surface area contributed by atoms with Crippen LogP contribution in [0.5, 0.6) is 0 Å². The van der Waals surface area contributed by atoms with Gasteiger partial charge in [0.2, 0.25) is 5.95 Å². The third kappa shape index (κ3) is 2.28. The van der Waals surface area contributed by atoms with E-state index in [0.29, 0.717) is 16.8 Å². The molecule has 6 nitrogen and oxygen atoms in total. The average molecular weight is 273 g/mol. The number of anilines is 1. The summed E-state index contributed by atoms with van der Waals surface area (Å²) in [5.74, 6) is -1.85. The minimum atomic E-state index is -0.729. The Labute approximate surface area is 111 Å². The summed E-state index contributed by atoms with van der Waals surface area (Å²) in [6.45, 7) is 0. The van der Waals surface area contributed by atoms with Crippen molar-refractivity contribution in [2.75, 3.05) is 5.32 Å². The lowest BCUT2D eigenvalue weighted by atomic mass is 10.2. The molecule has 0 fully saturated rings. The fourth-order valence-electron chi connectivity index (χ4n) is 1.76. The maximum atomic E-state index is 12.9. The molecule has 3 aromatic rings. The Morgan fingerprint density at radius 3 is 2.95 bits per heavy atom. The van der Waals surface area contributed by atoms with Gasteiger partial charge in [-0.3, -0.25) is 9.78 Å². The van der Waals surface area contributed by atoms with Gasteiger partial charge in [-0.1, -0.05) is 6.07 Å². The molecule has 0 bridgehead atoms. The van der Waals surface area contributed by atoms with Crippen LogP contribution < -0.4 is 11.1 Å². The van der Waals surface area contributed by atoms with Crippen molar-refractivity contribution in [3.8, 4) is 0 Å². The number of fused-ring (bicyclic) bond motifs is 1. The Balaban J connectivity index is 1.88. The van der Waals surface area contributed by atoms with Crippen molar-refractivity contribution in [1.82, 2.24) is 9.97 Å². The maximum absolute atomic E-state index is 12.9. The van der Waals surface area contributed by atoms with Crippen LogP contribution >= 0.6 is 0 Å². The van der Waals surface area contributed by atoms with Gasteiger partial charge >= 0.3 is 5.76 Å². The van der Waals surface area contributed by atoms with E-state index in [9.17, 15) is 14.0 Å². The van der Waals surface area contributed by atoms with Gasteiger partial charge in [0.25, 0.3) is 5.91 Å². The Kier molecular flexibility index (Phi) is 2.79. The molecule has 0 saturated carbocycles. The van der Waals surface area contributed by atoms with E-state index in [1.54, 1.807) is 12.1 Å². The van der Waals surface area contributed by atoms with E-state index in [-0.39, 0.29) is 5.69 Å². The van der Waals surface area contributed by atoms with Crippen LogP contribution in [0.2, 0.25) is 0 Å². The number of carbonyl (C=O) groups excluding carboxylic acids is 1. The number of benzene rings is 1. The number of nitrogens with zero attached hydrogens (tertiary/aromatic N) is 1. The minimum Gasteiger partial charge on any atom is -0.408 e. The second-order valence-corrected chi connectivity index (χ2v) is 4.03. The molecule has 0 aliphatic heterocycles. The molecule has 0 atom stereocenters. The van der Waals surface area contributed by atoms with E-state index in [2.05, 4.69) is 15.3 Å². The molecule has 0 saturated heterocycles. The molecule has 2 N–H and O–H groups in total. The van der Waals surface area contributed by atoms with E-state index in [0.717, 1.165) is 6.07 Å². The Morgan fingerprint density at radius 1 is 1.30 bits per heavy atom. The number of pyridine rings is 1. The van der Waals surface area contributed by atoms with Crippen LogP contribution in [-0.2, 0) is 0 Å². The SMILES string of the molecule is O=C(Nc1ccc2oc(=O)[nH]c2c1)c1cccc(F)n1. The van der Waals surface area contributed by atoms with Crippen molar-refractivity contribution >= 4 is 22.7 Å². The van der Waals surface area contributed by atoms with Crippen LogP contribution in [0.1, 0.15) is 10.5 Å². The molecular weight excluding hydrogens is 265 g/mol. The smallest absolute Gasteiger partial charge is 0.408 e. The van der Waals surface area contributed by atoms with E-state index in [4.69, 9.17) is 4.42 Å². The Morgan fingerprint density at radius 2 is 2.15 bits per heavy atom. The number of hydrogen-bond acceptors (Lipinski definition) is 4. The number of aromatic amines is 1. The number of rotatable bonds is 2. The van der Waals surface area contributed by atoms with Crippen LogP contribution in [-0.4, -0.2) is 15.9 Å². The van der Waals surface area contributed by atoms with Crippen LogP contribution in [0.3, 0.4) is 0 Å². The molecule has 2 aromatic heterocycles. The summed E-state index contributed by atoms with van der Waals surface area (Å²) in [6.07, 6.45) is 0. The van der Waals surface area contributed by atoms with Gasteiger partial charge in [-0.2, -0.15) is 4.39 Å². The van der Waals surface area contributed by atoms with Crippen molar-refractivity contribution in [1.29, 1.82) is 0 Å². The molecule has 1 aromatic carbocycles. The summed E-state index contributed by atoms with van der Waals surface area (Å²) in [5.41, 5.74) is 1.24. The van der Waals surface area contributed by atoms with E-state index in [1.165, 1.54) is 18.2 Å². The number of hydrogen-bond donors (Lipinski definition) is 2. The van der Waals surface area contributed by atoms with Crippen molar-refractivity contribution in [3.63, 3.8) is 0 Å². The lowest BCUT2D eigenvalue weighted by molar-refractivity contribution is 0.102. The Bertz CT molecular complexity index is 853. The van der Waals surface area contributed by atoms with Gasteiger partial charge in [0.15, 0.2) is 5.58 Å². The predicted octanol–water partition coefficient (Wildman–Crippen LogP) is 1.91. The molecule has 0 spiro atoms. The third-order valence-electron chi connectivity index (χ3n) is 2.62. The van der Waals surface area contributed by atoms with Crippen molar-refractivity contribution in [2.24, 2.45) is 0 Å². The number of nitrogens with one attached hydrogen (secondary N) is 2. The number of halogens is 1. The molecule has 0 unspecified atom stereocenters. The molecule has 7 heteroatoms. The largest absolute Gasteiger partial charge is 0.417 e. The van der Waals surface area contributed by atoms with Crippen molar-refractivity contribution in [2.45, 2.75) is 0 Å². The van der Waals surface area contributed by atoms with Gasteiger partial charge in [0.05, 0.1) is 5.52 Å². The first kappa shape index (κ1) is 12.1. The topological polar surface area (TPSA) is 88.0 Å². The summed E-state index contributed by atoms with van der Waals surface area (Å²) in [7, 11) is 0. The normalized spacial score (nSPS) is 10.7. The van der Waals surface area contributed by atoms with Crippen LogP contribution in [0, 0.1) is 5.95 Å². The zero-order chi connectivity index (χ0) is 14.1. The molecule has 0 radical (unpaired) electrons. The zero-order valence-corrected chi connectivity index (χ0v) is 10.0. The lowest BCUT2D eigenvalue weighted by Crippen LogP contribution is -2.14. The first-order valence-corrected chi connectivity index (χ1v) is 5.68. The first-order valence-electron chi connectivity index (χ1n) is 5.68. The van der Waals surface area contributed by atoms with Crippen molar-refractivity contribution in [3.05, 3.63) is 58.6 Å². The van der Waals surface area contributed by atoms with Crippen LogP contribution in [0.25, 0.3) is 11.1 Å². The molecule has 0 aliphatic rings. The minimum absolute atomic E-state index is 0.0363. The highest BCUT2D eigenvalue weighted by Crippen LogP contribution is 2.16. The van der Waals surface area contributed by atoms with Crippen LogP contribution in [0.4, 0.5) is 10.1 Å². The zero-order valence-electron chi connectivity index (χ0n) is 10.0. The number of aromatic nitrogens is 2. The molecule has 100 valence electrons. The fraction of sp³-hybridized carbons (Fsp3) is 0. The van der Waals surface area contributed by atoms with Gasteiger partial charge in [-0.05, 0) is 30.3 Å². The molecular formula is C13H8FN3O3. The molecule has 0 aliphatic carbocycles. The molecule has 3 rings (SSSR count). The summed E-state index contributed by atoms with van der Waals surface area (Å²) < 4.78 is 17.8. The highest BCUT2D eigenvalue weighted by atomic mass is 19.1. The maximum Gasteiger partial charge on any atom is 0.417 e. The highest BCUT2D eigenvalue weighted by molar-refractivity contribution is 6.03. The number of carbonyl (C=O) groups is 1. The summed E-state index contributed by atoms with van der Waals surface area (Å²) in [6, 6.07) is 8.60. The van der Waals surface area contributed by atoms with Gasteiger partial charge in [-0.25, -0.2) is 9.78 Å². The van der Waals surface area contributed by atoms with E-state index < -0.39 is 17.6 Å². The standard InChI is InChI=1S/C13H8FN3O3/c14-11-3-1-2-8(16-11)12(18)15-7-4-5-10-9(6-7)17-13(19)20-10/h1-6H,(H,15,18)(H,17,19). The van der Waals surface area contributed by atoms with E-state index in [1.807, 2.05) is 0 Å². The lowest BCUT2D eigenvalue weighted by Gasteiger charge is -2.04. The van der Waals surface area contributed by atoms with Gasteiger partial charge < -0.3 is 9.73 Å². The summed E-state index contributed by atoms with van der Waals surface area (Å²) in [5, 5.41) is 2.56. The van der Waals surface area contributed by atoms with Gasteiger partial charge in [0, 0.05) is 5.69 Å². The van der Waals surface area contributed by atoms with E-state index >= 15 is 0 Å². The fourth-order valence-corrected chi connectivity index (χ4v) is 1.76. The predicted molar refractivity (Wildman–Crippen MR) is 69.0 cm³/mol. The van der Waals surface area contributed by atoms with Gasteiger partial charge in [0.1, 0.15) is 5.69 Å². The van der Waals surface area contributed by atoms with Gasteiger partial charge in [-0.15, -0.1) is 0 Å². The third-order valence-corrected chi connectivity index (χ3v) is 2.62. The van der Waals surface area contributed by atoms with Crippen LogP contribution in [0.15, 0.2) is 45.6 Å². The monoisotopic (exact) mass is 273 g/mol. The number of H-pyrrole nitrogens is 1. The Hall–Kier alpha value is -2.96. The highest BCUT2D eigenvalue weighted by Gasteiger charge is 2.09. The molecule has 1 amide bonds. The second kappa shape index (κ2) is 4.61. The molecule has 20 heavy (non-hydrogen) atoms. The quantitative estimate of drug-likeness (QED) is 0.698. The molecule has 2 heterocycles. The number of oxazole rings is 1. The average Bonchev–Trinajstić information content (AvgIpc) is 2.78. The summed E-state index contributed by atoms with van der Waals surface area (Å²) in [4.78, 5) is 28.8. The summed E-state index contributed by atoms with van der Waals surface area (Å²) >= 11 is 0. The second-order valence-electron chi connectivity index (χ2n) is 4.03.